The van der Waals surface area contributed by atoms with Crippen LogP contribution in [-0.2, 0) is 0 Å². The van der Waals surface area contributed by atoms with Crippen LogP contribution in [0.25, 0.3) is 0 Å². The van der Waals surface area contributed by atoms with Crippen LogP contribution in [0.3, 0.4) is 0 Å². The average molecular weight is 152 g/mol. The van der Waals surface area contributed by atoms with Gasteiger partial charge in [-0.15, -0.1) is 0 Å². The van der Waals surface area contributed by atoms with Gasteiger partial charge in [0.05, 0.1) is 0 Å². The number of hydrogen-bond donors (Lipinski definition) is 0. The quantitative estimate of drug-likeness (QED) is 0.495. The van der Waals surface area contributed by atoms with Crippen molar-refractivity contribution in [1.82, 2.24) is 4.90 Å². The Kier molecular flexibility index (Phi) is 2.38. The van der Waals surface area contributed by atoms with Crippen molar-refractivity contribution >= 4 is 0 Å². The summed E-state index contributed by atoms with van der Waals surface area (Å²) in [6, 6.07) is 0.441. The number of rotatable bonds is 0. The fourth-order valence-electron chi connectivity index (χ4n) is 1.85. The Labute approximate surface area is 68.8 Å². The largest absolute Gasteiger partial charge is 0.307 e. The van der Waals surface area contributed by atoms with E-state index in [-0.39, 0.29) is 0 Å². The van der Waals surface area contributed by atoms with E-state index in [0.29, 0.717) is 17.9 Å². The molecule has 1 saturated heterocycles. The second-order valence-electron chi connectivity index (χ2n) is 3.81. The van der Waals surface area contributed by atoms with Crippen LogP contribution >= 0.6 is 0 Å². The lowest BCUT2D eigenvalue weighted by Gasteiger charge is -2.37. The lowest BCUT2D eigenvalue weighted by molar-refractivity contribution is 0.134. The third-order valence-corrected chi connectivity index (χ3v) is 2.73. The highest BCUT2D eigenvalue weighted by molar-refractivity contribution is 4.88. The Morgan fingerprint density at radius 1 is 1.36 bits per heavy atom. The normalized spacial score (nSPS) is 38.4. The van der Waals surface area contributed by atoms with Crippen LogP contribution in [-0.4, -0.2) is 17.5 Å². The highest BCUT2D eigenvalue weighted by Crippen LogP contribution is 2.25. The first-order chi connectivity index (χ1) is 5.15. The summed E-state index contributed by atoms with van der Waals surface area (Å²) in [5.74, 6) is 1.35. The maximum atomic E-state index is 8.77. The van der Waals surface area contributed by atoms with Gasteiger partial charge in [0, 0.05) is 12.6 Å². The fraction of sp³-hybridized carbons (Fsp3) is 0.889. The van der Waals surface area contributed by atoms with E-state index in [2.05, 4.69) is 27.0 Å². The van der Waals surface area contributed by atoms with Gasteiger partial charge in [-0.05, 0) is 25.2 Å². The Bertz CT molecular complexity index is 171. The van der Waals surface area contributed by atoms with E-state index in [1.54, 1.807) is 0 Å². The standard InChI is InChI=1S/C9H16N2/c1-7-4-8(2)9(3)11(5-7)6-10/h7-9H,4-5H2,1-3H3. The summed E-state index contributed by atoms with van der Waals surface area (Å²) in [4.78, 5) is 1.90. The third kappa shape index (κ3) is 1.65. The maximum Gasteiger partial charge on any atom is 0.179 e. The lowest BCUT2D eigenvalue weighted by Crippen LogP contribution is -2.42. The molecule has 0 aromatic rings. The summed E-state index contributed by atoms with van der Waals surface area (Å²) in [6.07, 6.45) is 3.51. The molecule has 3 atom stereocenters. The first-order valence-electron chi connectivity index (χ1n) is 4.31. The average Bonchev–Trinajstić information content (AvgIpc) is 1.96. The Hall–Kier alpha value is -0.710. The molecule has 2 heteroatoms. The number of nitriles is 1. The lowest BCUT2D eigenvalue weighted by atomic mass is 9.86. The van der Waals surface area contributed by atoms with Crippen molar-refractivity contribution in [3.63, 3.8) is 0 Å². The van der Waals surface area contributed by atoms with Crippen LogP contribution in [0.2, 0.25) is 0 Å². The van der Waals surface area contributed by atoms with Gasteiger partial charge in [0.25, 0.3) is 0 Å². The smallest absolute Gasteiger partial charge is 0.179 e. The van der Waals surface area contributed by atoms with Crippen molar-refractivity contribution in [3.8, 4) is 6.19 Å². The molecule has 0 saturated carbocycles. The van der Waals surface area contributed by atoms with E-state index in [9.17, 15) is 0 Å². The SMILES string of the molecule is CC1CC(C)C(C)N(C#N)C1. The molecule has 1 heterocycles. The van der Waals surface area contributed by atoms with Crippen molar-refractivity contribution < 1.29 is 0 Å². The molecule has 0 aromatic heterocycles. The first kappa shape index (κ1) is 8.39. The van der Waals surface area contributed by atoms with E-state index in [0.717, 1.165) is 6.54 Å². The van der Waals surface area contributed by atoms with Gasteiger partial charge in [-0.2, -0.15) is 5.26 Å². The molecular weight excluding hydrogens is 136 g/mol. The molecular formula is C9H16N2. The van der Waals surface area contributed by atoms with Crippen LogP contribution in [0.1, 0.15) is 27.2 Å². The zero-order valence-electron chi connectivity index (χ0n) is 7.54. The van der Waals surface area contributed by atoms with E-state index in [4.69, 9.17) is 5.26 Å². The molecule has 0 amide bonds. The molecule has 0 aliphatic carbocycles. The van der Waals surface area contributed by atoms with E-state index in [1.807, 2.05) is 4.90 Å². The number of nitrogens with zero attached hydrogens (tertiary/aromatic N) is 2. The fourth-order valence-corrected chi connectivity index (χ4v) is 1.85. The molecule has 1 aliphatic rings. The Morgan fingerprint density at radius 3 is 2.55 bits per heavy atom. The van der Waals surface area contributed by atoms with E-state index in [1.165, 1.54) is 6.42 Å². The molecule has 3 unspecified atom stereocenters. The first-order valence-corrected chi connectivity index (χ1v) is 4.31. The molecule has 1 fully saturated rings. The molecule has 0 spiro atoms. The maximum absolute atomic E-state index is 8.77. The summed E-state index contributed by atoms with van der Waals surface area (Å²) in [7, 11) is 0. The zero-order valence-corrected chi connectivity index (χ0v) is 7.54. The van der Waals surface area contributed by atoms with Crippen LogP contribution < -0.4 is 0 Å². The van der Waals surface area contributed by atoms with Crippen LogP contribution in [0.15, 0.2) is 0 Å². The number of hydrogen-bond acceptors (Lipinski definition) is 2. The summed E-state index contributed by atoms with van der Waals surface area (Å²) in [6.45, 7) is 7.53. The zero-order chi connectivity index (χ0) is 8.43. The third-order valence-electron chi connectivity index (χ3n) is 2.73. The summed E-state index contributed by atoms with van der Waals surface area (Å²) in [5, 5.41) is 8.77. The molecule has 62 valence electrons. The van der Waals surface area contributed by atoms with Gasteiger partial charge >= 0.3 is 0 Å². The minimum atomic E-state index is 0.441. The molecule has 2 nitrogen and oxygen atoms in total. The molecule has 1 aliphatic heterocycles. The summed E-state index contributed by atoms with van der Waals surface area (Å²) >= 11 is 0. The van der Waals surface area contributed by atoms with Gasteiger partial charge in [0.1, 0.15) is 0 Å². The number of piperidine rings is 1. The van der Waals surface area contributed by atoms with Crippen LogP contribution in [0.4, 0.5) is 0 Å². The Balaban J connectivity index is 2.60. The minimum Gasteiger partial charge on any atom is -0.307 e. The van der Waals surface area contributed by atoms with Crippen molar-refractivity contribution in [3.05, 3.63) is 0 Å². The summed E-state index contributed by atoms with van der Waals surface area (Å²) < 4.78 is 0. The molecule has 0 radical (unpaired) electrons. The van der Waals surface area contributed by atoms with Crippen molar-refractivity contribution in [2.24, 2.45) is 11.8 Å². The van der Waals surface area contributed by atoms with Gasteiger partial charge in [0.15, 0.2) is 6.19 Å². The van der Waals surface area contributed by atoms with Gasteiger partial charge in [-0.25, -0.2) is 0 Å². The molecule has 0 aromatic carbocycles. The minimum absolute atomic E-state index is 0.441. The van der Waals surface area contributed by atoms with Gasteiger partial charge in [-0.3, -0.25) is 0 Å². The van der Waals surface area contributed by atoms with E-state index < -0.39 is 0 Å². The summed E-state index contributed by atoms with van der Waals surface area (Å²) in [5.41, 5.74) is 0. The molecule has 0 N–H and O–H groups in total. The Morgan fingerprint density at radius 2 is 2.00 bits per heavy atom. The predicted octanol–water partition coefficient (Wildman–Crippen LogP) is 1.83. The predicted molar refractivity (Wildman–Crippen MR) is 44.7 cm³/mol. The van der Waals surface area contributed by atoms with Crippen molar-refractivity contribution in [2.45, 2.75) is 33.2 Å². The molecule has 0 bridgehead atoms. The van der Waals surface area contributed by atoms with Gasteiger partial charge in [0.2, 0.25) is 0 Å². The molecule has 11 heavy (non-hydrogen) atoms. The second-order valence-corrected chi connectivity index (χ2v) is 3.81. The highest BCUT2D eigenvalue weighted by atomic mass is 15.2. The van der Waals surface area contributed by atoms with Gasteiger partial charge in [-0.1, -0.05) is 13.8 Å². The number of likely N-dealkylation sites (tertiary alicyclic amines) is 1. The van der Waals surface area contributed by atoms with Crippen LogP contribution in [0, 0.1) is 23.3 Å². The second kappa shape index (κ2) is 3.13. The van der Waals surface area contributed by atoms with Gasteiger partial charge < -0.3 is 4.90 Å². The van der Waals surface area contributed by atoms with Crippen molar-refractivity contribution in [1.29, 1.82) is 5.26 Å². The molecule has 1 rings (SSSR count). The highest BCUT2D eigenvalue weighted by Gasteiger charge is 2.27. The van der Waals surface area contributed by atoms with Crippen molar-refractivity contribution in [2.75, 3.05) is 6.54 Å². The monoisotopic (exact) mass is 152 g/mol. The van der Waals surface area contributed by atoms with Crippen LogP contribution in [0.5, 0.6) is 0 Å². The topological polar surface area (TPSA) is 27.0 Å². The van der Waals surface area contributed by atoms with E-state index >= 15 is 0 Å².